The Hall–Kier alpha value is -3.74. The molecule has 0 aliphatic carbocycles. The van der Waals surface area contributed by atoms with Crippen molar-refractivity contribution in [3.05, 3.63) is 71.4 Å². The number of hydrogen-bond donors (Lipinski definition) is 2. The molecule has 1 aromatic heterocycles. The Balaban J connectivity index is 1.77. The quantitative estimate of drug-likeness (QED) is 0.573. The topological polar surface area (TPSA) is 101 Å². The van der Waals surface area contributed by atoms with Crippen LogP contribution in [0.2, 0.25) is 0 Å². The highest BCUT2D eigenvalue weighted by atomic mass is 16.2. The molecule has 7 nitrogen and oxygen atoms in total. The van der Waals surface area contributed by atoms with Crippen LogP contribution >= 0.6 is 0 Å². The standard InChI is InChI=1S/C24H27N5O2/c1-4-5-15-29(3)23(31)17-9-11-18(12-10-17)27-24-26-14-13-21(28-24)19-7-6-8-20(16(19)2)22(25)30/h6-14H,4-5,15H2,1-3H3,(H2,25,30)(H,26,27,28). The molecule has 0 aliphatic heterocycles. The maximum atomic E-state index is 12.5. The van der Waals surface area contributed by atoms with Gasteiger partial charge in [-0.3, -0.25) is 9.59 Å². The summed E-state index contributed by atoms with van der Waals surface area (Å²) in [4.78, 5) is 34.7. The lowest BCUT2D eigenvalue weighted by molar-refractivity contribution is 0.0793. The van der Waals surface area contributed by atoms with Gasteiger partial charge in [-0.1, -0.05) is 25.5 Å². The zero-order chi connectivity index (χ0) is 22.4. The molecule has 0 unspecified atom stereocenters. The Morgan fingerprint density at radius 2 is 1.84 bits per heavy atom. The molecule has 31 heavy (non-hydrogen) atoms. The Morgan fingerprint density at radius 1 is 1.10 bits per heavy atom. The van der Waals surface area contributed by atoms with E-state index >= 15 is 0 Å². The number of anilines is 2. The van der Waals surface area contributed by atoms with Crippen LogP contribution in [0.25, 0.3) is 11.3 Å². The number of unbranched alkanes of at least 4 members (excludes halogenated alkanes) is 1. The molecule has 160 valence electrons. The van der Waals surface area contributed by atoms with Gasteiger partial charge in [0.2, 0.25) is 11.9 Å². The number of rotatable bonds is 8. The molecule has 0 saturated carbocycles. The highest BCUT2D eigenvalue weighted by Gasteiger charge is 2.13. The average Bonchev–Trinajstić information content (AvgIpc) is 2.77. The Bertz CT molecular complexity index is 1080. The predicted octanol–water partition coefficient (Wildman–Crippen LogP) is 4.17. The van der Waals surface area contributed by atoms with Crippen molar-refractivity contribution >= 4 is 23.5 Å². The molecule has 3 aromatic rings. The largest absolute Gasteiger partial charge is 0.366 e. The molecule has 2 amide bonds. The van der Waals surface area contributed by atoms with E-state index in [9.17, 15) is 9.59 Å². The minimum absolute atomic E-state index is 0.00283. The summed E-state index contributed by atoms with van der Waals surface area (Å²) in [6, 6.07) is 14.4. The second kappa shape index (κ2) is 9.84. The van der Waals surface area contributed by atoms with E-state index in [4.69, 9.17) is 5.73 Å². The van der Waals surface area contributed by atoms with Crippen LogP contribution in [-0.4, -0.2) is 40.3 Å². The maximum absolute atomic E-state index is 12.5. The summed E-state index contributed by atoms with van der Waals surface area (Å²) in [5, 5.41) is 3.16. The summed E-state index contributed by atoms with van der Waals surface area (Å²) < 4.78 is 0. The number of carbonyl (C=O) groups excluding carboxylic acids is 2. The van der Waals surface area contributed by atoms with Gasteiger partial charge < -0.3 is 16.0 Å². The van der Waals surface area contributed by atoms with E-state index in [1.165, 1.54) is 0 Å². The molecule has 0 fully saturated rings. The van der Waals surface area contributed by atoms with Gasteiger partial charge in [0.05, 0.1) is 5.69 Å². The predicted molar refractivity (Wildman–Crippen MR) is 122 cm³/mol. The lowest BCUT2D eigenvalue weighted by Crippen LogP contribution is -2.27. The molecule has 7 heteroatoms. The molecular weight excluding hydrogens is 390 g/mol. The lowest BCUT2D eigenvalue weighted by atomic mass is 9.99. The van der Waals surface area contributed by atoms with Crippen molar-refractivity contribution in [1.82, 2.24) is 14.9 Å². The lowest BCUT2D eigenvalue weighted by Gasteiger charge is -2.17. The summed E-state index contributed by atoms with van der Waals surface area (Å²) in [5.74, 6) is -0.0506. The molecule has 1 heterocycles. The first-order valence-electron chi connectivity index (χ1n) is 10.3. The molecule has 3 N–H and O–H groups in total. The summed E-state index contributed by atoms with van der Waals surface area (Å²) in [6.07, 6.45) is 3.69. The number of nitrogens with two attached hydrogens (primary N) is 1. The summed E-state index contributed by atoms with van der Waals surface area (Å²) in [7, 11) is 1.82. The van der Waals surface area contributed by atoms with Gasteiger partial charge >= 0.3 is 0 Å². The third-order valence-electron chi connectivity index (χ3n) is 5.11. The fourth-order valence-corrected chi connectivity index (χ4v) is 3.29. The van der Waals surface area contributed by atoms with Crippen molar-refractivity contribution in [1.29, 1.82) is 0 Å². The van der Waals surface area contributed by atoms with Gasteiger partial charge in [0, 0.05) is 42.2 Å². The second-order valence-electron chi connectivity index (χ2n) is 7.39. The summed E-state index contributed by atoms with van der Waals surface area (Å²) in [5.41, 5.74) is 9.61. The number of aromatic nitrogens is 2. The number of primary amides is 1. The molecule has 3 rings (SSSR count). The van der Waals surface area contributed by atoms with E-state index in [1.807, 2.05) is 32.2 Å². The van der Waals surface area contributed by atoms with Gasteiger partial charge in [0.25, 0.3) is 5.91 Å². The number of nitrogens with zero attached hydrogens (tertiary/aromatic N) is 3. The van der Waals surface area contributed by atoms with Crippen LogP contribution in [0, 0.1) is 6.92 Å². The van der Waals surface area contributed by atoms with Gasteiger partial charge in [0.15, 0.2) is 0 Å². The minimum Gasteiger partial charge on any atom is -0.366 e. The fourth-order valence-electron chi connectivity index (χ4n) is 3.29. The number of benzene rings is 2. The summed E-state index contributed by atoms with van der Waals surface area (Å²) in [6.45, 7) is 4.69. The number of nitrogens with one attached hydrogen (secondary N) is 1. The molecule has 0 aliphatic rings. The van der Waals surface area contributed by atoms with Crippen LogP contribution in [0.1, 0.15) is 46.0 Å². The minimum atomic E-state index is -0.471. The first kappa shape index (κ1) is 22.0. The first-order chi connectivity index (χ1) is 14.9. The second-order valence-corrected chi connectivity index (χ2v) is 7.39. The third-order valence-corrected chi connectivity index (χ3v) is 5.11. The van der Waals surface area contributed by atoms with Crippen molar-refractivity contribution < 1.29 is 9.59 Å². The van der Waals surface area contributed by atoms with Gasteiger partial charge in [-0.15, -0.1) is 0 Å². The molecular formula is C24H27N5O2. The molecule has 2 aromatic carbocycles. The van der Waals surface area contributed by atoms with E-state index in [1.54, 1.807) is 41.4 Å². The van der Waals surface area contributed by atoms with Crippen molar-refractivity contribution in [3.63, 3.8) is 0 Å². The van der Waals surface area contributed by atoms with Gasteiger partial charge in [0.1, 0.15) is 0 Å². The third kappa shape index (κ3) is 5.25. The molecule has 0 saturated heterocycles. The van der Waals surface area contributed by atoms with Gasteiger partial charge in [-0.2, -0.15) is 0 Å². The van der Waals surface area contributed by atoms with E-state index in [0.29, 0.717) is 22.8 Å². The van der Waals surface area contributed by atoms with Crippen LogP contribution in [-0.2, 0) is 0 Å². The molecule has 0 spiro atoms. The van der Waals surface area contributed by atoms with Gasteiger partial charge in [-0.25, -0.2) is 9.97 Å². The zero-order valence-electron chi connectivity index (χ0n) is 18.1. The highest BCUT2D eigenvalue weighted by Crippen LogP contribution is 2.25. The Labute approximate surface area is 182 Å². The van der Waals surface area contributed by atoms with Crippen molar-refractivity contribution in [2.75, 3.05) is 18.9 Å². The highest BCUT2D eigenvalue weighted by molar-refractivity contribution is 5.96. The molecule has 0 atom stereocenters. The zero-order valence-corrected chi connectivity index (χ0v) is 18.1. The van der Waals surface area contributed by atoms with E-state index in [0.717, 1.165) is 36.2 Å². The van der Waals surface area contributed by atoms with Crippen LogP contribution in [0.4, 0.5) is 11.6 Å². The van der Waals surface area contributed by atoms with Crippen LogP contribution in [0.3, 0.4) is 0 Å². The number of amides is 2. The Kier molecular flexibility index (Phi) is 6.97. The number of hydrogen-bond acceptors (Lipinski definition) is 5. The SMILES string of the molecule is CCCCN(C)C(=O)c1ccc(Nc2nccc(-c3cccc(C(N)=O)c3C)n2)cc1. The van der Waals surface area contributed by atoms with E-state index < -0.39 is 5.91 Å². The van der Waals surface area contributed by atoms with Crippen molar-refractivity contribution in [2.24, 2.45) is 5.73 Å². The monoisotopic (exact) mass is 417 g/mol. The normalized spacial score (nSPS) is 10.5. The maximum Gasteiger partial charge on any atom is 0.253 e. The first-order valence-corrected chi connectivity index (χ1v) is 10.3. The van der Waals surface area contributed by atoms with Crippen molar-refractivity contribution in [3.8, 4) is 11.3 Å². The van der Waals surface area contributed by atoms with Crippen LogP contribution in [0.15, 0.2) is 54.7 Å². The van der Waals surface area contributed by atoms with Crippen molar-refractivity contribution in [2.45, 2.75) is 26.7 Å². The summed E-state index contributed by atoms with van der Waals surface area (Å²) >= 11 is 0. The van der Waals surface area contributed by atoms with E-state index in [-0.39, 0.29) is 5.91 Å². The smallest absolute Gasteiger partial charge is 0.253 e. The average molecular weight is 418 g/mol. The van der Waals surface area contributed by atoms with Gasteiger partial charge in [-0.05, 0) is 55.3 Å². The van der Waals surface area contributed by atoms with E-state index in [2.05, 4.69) is 22.2 Å². The van der Waals surface area contributed by atoms with Crippen LogP contribution in [0.5, 0.6) is 0 Å². The van der Waals surface area contributed by atoms with Crippen LogP contribution < -0.4 is 11.1 Å². The molecule has 0 bridgehead atoms. The number of carbonyl (C=O) groups is 2. The fraction of sp³-hybridized carbons (Fsp3) is 0.250. The molecule has 0 radical (unpaired) electrons. The Morgan fingerprint density at radius 3 is 2.52 bits per heavy atom.